The van der Waals surface area contributed by atoms with Crippen LogP contribution in [0.3, 0.4) is 0 Å². The highest BCUT2D eigenvalue weighted by molar-refractivity contribution is 5.99. The van der Waals surface area contributed by atoms with E-state index < -0.39 is 23.7 Å². The molecule has 21 heavy (non-hydrogen) atoms. The maximum Gasteiger partial charge on any atom is 0.335 e. The highest BCUT2D eigenvalue weighted by atomic mass is 19.1. The summed E-state index contributed by atoms with van der Waals surface area (Å²) in [5, 5.41) is 11.3. The number of hydrogen-bond acceptors (Lipinski definition) is 3. The van der Waals surface area contributed by atoms with E-state index in [4.69, 9.17) is 5.11 Å². The number of aromatic carboxylic acids is 1. The zero-order chi connectivity index (χ0) is 15.6. The second kappa shape index (κ2) is 5.90. The van der Waals surface area contributed by atoms with Gasteiger partial charge in [0.15, 0.2) is 0 Å². The summed E-state index contributed by atoms with van der Waals surface area (Å²) in [5.74, 6) is -3.06. The number of amides is 2. The predicted molar refractivity (Wildman–Crippen MR) is 71.5 cm³/mol. The molecule has 1 fully saturated rings. The quantitative estimate of drug-likeness (QED) is 0.866. The highest BCUT2D eigenvalue weighted by Gasteiger charge is 2.34. The van der Waals surface area contributed by atoms with Gasteiger partial charge in [0, 0.05) is 13.6 Å². The predicted octanol–water partition coefficient (Wildman–Crippen LogP) is 0.874. The summed E-state index contributed by atoms with van der Waals surface area (Å²) in [7, 11) is 1.48. The average Bonchev–Trinajstić information content (AvgIpc) is 2.94. The smallest absolute Gasteiger partial charge is 0.335 e. The fourth-order valence-corrected chi connectivity index (χ4v) is 2.43. The van der Waals surface area contributed by atoms with Crippen molar-refractivity contribution in [3.8, 4) is 0 Å². The molecule has 0 radical (unpaired) electrons. The number of likely N-dealkylation sites (tertiary alicyclic amines) is 1. The first-order valence-electron chi connectivity index (χ1n) is 6.51. The van der Waals surface area contributed by atoms with Crippen LogP contribution in [-0.2, 0) is 4.79 Å². The Balaban J connectivity index is 2.27. The molecule has 1 aliphatic rings. The minimum absolute atomic E-state index is 0.226. The Bertz CT molecular complexity index is 603. The molecule has 6 nitrogen and oxygen atoms in total. The summed E-state index contributed by atoms with van der Waals surface area (Å²) in [6.45, 7) is 0.372. The van der Waals surface area contributed by atoms with Crippen molar-refractivity contribution in [1.29, 1.82) is 0 Å². The van der Waals surface area contributed by atoms with Gasteiger partial charge in [0.05, 0.1) is 11.1 Å². The maximum atomic E-state index is 13.9. The molecule has 1 aromatic carbocycles. The Morgan fingerprint density at radius 2 is 2.10 bits per heavy atom. The topological polar surface area (TPSA) is 86.7 Å². The van der Waals surface area contributed by atoms with Gasteiger partial charge in [-0.1, -0.05) is 0 Å². The second-order valence-corrected chi connectivity index (χ2v) is 4.77. The summed E-state index contributed by atoms with van der Waals surface area (Å²) in [6.07, 6.45) is 1.19. The van der Waals surface area contributed by atoms with Crippen LogP contribution in [0.15, 0.2) is 18.2 Å². The lowest BCUT2D eigenvalue weighted by Crippen LogP contribution is -2.45. The van der Waals surface area contributed by atoms with Crippen LogP contribution in [0.25, 0.3) is 0 Å². The van der Waals surface area contributed by atoms with Crippen molar-refractivity contribution in [3.05, 3.63) is 35.1 Å². The van der Waals surface area contributed by atoms with Crippen molar-refractivity contribution in [3.63, 3.8) is 0 Å². The molecule has 1 unspecified atom stereocenters. The van der Waals surface area contributed by atoms with E-state index in [1.54, 1.807) is 0 Å². The highest BCUT2D eigenvalue weighted by Crippen LogP contribution is 2.22. The van der Waals surface area contributed by atoms with Gasteiger partial charge in [0.2, 0.25) is 5.91 Å². The molecular weight excluding hydrogens is 279 g/mol. The summed E-state index contributed by atoms with van der Waals surface area (Å²) in [6, 6.07) is 2.51. The number of rotatable bonds is 3. The molecule has 0 bridgehead atoms. The number of carbonyl (C=O) groups is 3. The van der Waals surface area contributed by atoms with Gasteiger partial charge in [-0.15, -0.1) is 0 Å². The summed E-state index contributed by atoms with van der Waals surface area (Å²) < 4.78 is 13.9. The van der Waals surface area contributed by atoms with Crippen molar-refractivity contribution in [2.75, 3.05) is 13.6 Å². The Morgan fingerprint density at radius 3 is 2.67 bits per heavy atom. The first-order valence-corrected chi connectivity index (χ1v) is 6.51. The van der Waals surface area contributed by atoms with Gasteiger partial charge in [-0.3, -0.25) is 9.59 Å². The van der Waals surface area contributed by atoms with E-state index in [0.29, 0.717) is 19.4 Å². The van der Waals surface area contributed by atoms with E-state index in [2.05, 4.69) is 5.32 Å². The van der Waals surface area contributed by atoms with Crippen LogP contribution in [-0.4, -0.2) is 47.4 Å². The van der Waals surface area contributed by atoms with Gasteiger partial charge < -0.3 is 15.3 Å². The van der Waals surface area contributed by atoms with Crippen molar-refractivity contribution < 1.29 is 23.9 Å². The lowest BCUT2D eigenvalue weighted by Gasteiger charge is -2.23. The molecular formula is C14H15FN2O4. The molecule has 1 saturated heterocycles. The molecule has 2 rings (SSSR count). The van der Waals surface area contributed by atoms with Crippen LogP contribution < -0.4 is 5.32 Å². The van der Waals surface area contributed by atoms with E-state index >= 15 is 0 Å². The molecule has 0 spiro atoms. The van der Waals surface area contributed by atoms with Crippen molar-refractivity contribution in [1.82, 2.24) is 10.2 Å². The Kier molecular flexibility index (Phi) is 4.21. The van der Waals surface area contributed by atoms with E-state index in [9.17, 15) is 18.8 Å². The largest absolute Gasteiger partial charge is 0.478 e. The number of carbonyl (C=O) groups excluding carboxylic acids is 2. The number of hydrogen-bond donors (Lipinski definition) is 2. The van der Waals surface area contributed by atoms with E-state index in [1.807, 2.05) is 0 Å². The Hall–Kier alpha value is -2.44. The number of carboxylic acids is 1. The van der Waals surface area contributed by atoms with Crippen molar-refractivity contribution in [2.45, 2.75) is 18.9 Å². The fourth-order valence-electron chi connectivity index (χ4n) is 2.43. The van der Waals surface area contributed by atoms with Gasteiger partial charge >= 0.3 is 5.97 Å². The Morgan fingerprint density at radius 1 is 1.38 bits per heavy atom. The van der Waals surface area contributed by atoms with E-state index in [0.717, 1.165) is 12.1 Å². The molecule has 1 heterocycles. The molecule has 1 aromatic rings. The van der Waals surface area contributed by atoms with Gasteiger partial charge in [-0.25, -0.2) is 9.18 Å². The molecule has 112 valence electrons. The normalized spacial score (nSPS) is 17.6. The summed E-state index contributed by atoms with van der Waals surface area (Å²) >= 11 is 0. The van der Waals surface area contributed by atoms with Crippen LogP contribution in [0.5, 0.6) is 0 Å². The molecule has 2 N–H and O–H groups in total. The van der Waals surface area contributed by atoms with Gasteiger partial charge in [-0.2, -0.15) is 0 Å². The van der Waals surface area contributed by atoms with Crippen LogP contribution >= 0.6 is 0 Å². The first-order chi connectivity index (χ1) is 9.95. The first kappa shape index (κ1) is 15.0. The third-order valence-corrected chi connectivity index (χ3v) is 3.51. The fraction of sp³-hybridized carbons (Fsp3) is 0.357. The van der Waals surface area contributed by atoms with Crippen molar-refractivity contribution >= 4 is 17.8 Å². The minimum atomic E-state index is -1.27. The monoisotopic (exact) mass is 294 g/mol. The minimum Gasteiger partial charge on any atom is -0.478 e. The Labute approximate surface area is 120 Å². The van der Waals surface area contributed by atoms with Gasteiger partial charge in [0.1, 0.15) is 11.9 Å². The standard InChI is InChI=1S/C14H15FN2O4/c1-16-12(18)11-3-2-6-17(11)13(19)9-5-4-8(14(20)21)7-10(9)15/h4-5,7,11H,2-3,6H2,1H3,(H,16,18)(H,20,21). The molecule has 1 atom stereocenters. The number of carboxylic acid groups (broad SMARTS) is 1. The van der Waals surface area contributed by atoms with E-state index in [1.165, 1.54) is 18.0 Å². The summed E-state index contributed by atoms with van der Waals surface area (Å²) in [5.41, 5.74) is -0.455. The SMILES string of the molecule is CNC(=O)C1CCCN1C(=O)c1ccc(C(=O)O)cc1F. The molecule has 2 amide bonds. The lowest BCUT2D eigenvalue weighted by atomic mass is 10.1. The van der Waals surface area contributed by atoms with Gasteiger partial charge in [-0.05, 0) is 31.0 Å². The molecule has 0 aliphatic carbocycles. The number of halogens is 1. The number of nitrogens with one attached hydrogen (secondary N) is 1. The average molecular weight is 294 g/mol. The maximum absolute atomic E-state index is 13.9. The number of nitrogens with zero attached hydrogens (tertiary/aromatic N) is 1. The third kappa shape index (κ3) is 2.86. The molecule has 0 aromatic heterocycles. The zero-order valence-corrected chi connectivity index (χ0v) is 11.4. The second-order valence-electron chi connectivity index (χ2n) is 4.77. The number of likely N-dealkylation sites (N-methyl/N-ethyl adjacent to an activating group) is 1. The van der Waals surface area contributed by atoms with Crippen LogP contribution in [0.2, 0.25) is 0 Å². The van der Waals surface area contributed by atoms with E-state index in [-0.39, 0.29) is 17.0 Å². The molecule has 7 heteroatoms. The molecule has 1 aliphatic heterocycles. The van der Waals surface area contributed by atoms with Crippen LogP contribution in [0.1, 0.15) is 33.6 Å². The van der Waals surface area contributed by atoms with Gasteiger partial charge in [0.25, 0.3) is 5.91 Å². The lowest BCUT2D eigenvalue weighted by molar-refractivity contribution is -0.124. The zero-order valence-electron chi connectivity index (χ0n) is 11.4. The van der Waals surface area contributed by atoms with Crippen molar-refractivity contribution in [2.24, 2.45) is 0 Å². The number of benzene rings is 1. The van der Waals surface area contributed by atoms with Crippen LogP contribution in [0, 0.1) is 5.82 Å². The van der Waals surface area contributed by atoms with Crippen LogP contribution in [0.4, 0.5) is 4.39 Å². The summed E-state index contributed by atoms with van der Waals surface area (Å²) in [4.78, 5) is 36.1. The third-order valence-electron chi connectivity index (χ3n) is 3.51. The molecule has 0 saturated carbocycles.